The second-order valence-corrected chi connectivity index (χ2v) is 7.21. The van der Waals surface area contributed by atoms with Gasteiger partial charge in [-0.15, -0.1) is 6.58 Å². The predicted molar refractivity (Wildman–Crippen MR) is 99.8 cm³/mol. The van der Waals surface area contributed by atoms with Crippen LogP contribution in [0.25, 0.3) is 17.4 Å². The Morgan fingerprint density at radius 2 is 2.13 bits per heavy atom. The molecule has 116 valence electrons. The van der Waals surface area contributed by atoms with Gasteiger partial charge in [0.05, 0.1) is 5.02 Å². The molecule has 0 bridgehead atoms. The van der Waals surface area contributed by atoms with Gasteiger partial charge in [0, 0.05) is 17.4 Å². The molecule has 1 aliphatic rings. The Morgan fingerprint density at radius 1 is 1.30 bits per heavy atom. The van der Waals surface area contributed by atoms with E-state index in [1.807, 2.05) is 30.3 Å². The summed E-state index contributed by atoms with van der Waals surface area (Å²) in [5.41, 5.74) is 1.21. The van der Waals surface area contributed by atoms with Gasteiger partial charge in [-0.1, -0.05) is 41.6 Å². The molecule has 0 radical (unpaired) electrons. The lowest BCUT2D eigenvalue weighted by Crippen LogP contribution is -1.87. The maximum atomic E-state index is 12.0. The fourth-order valence-electron chi connectivity index (χ4n) is 1.95. The highest BCUT2D eigenvalue weighted by Gasteiger charge is 2.22. The van der Waals surface area contributed by atoms with Crippen molar-refractivity contribution in [2.45, 2.75) is 0 Å². The van der Waals surface area contributed by atoms with Gasteiger partial charge in [0.15, 0.2) is 0 Å². The van der Waals surface area contributed by atoms with Gasteiger partial charge < -0.3 is 4.42 Å². The Balaban J connectivity index is 1.84. The van der Waals surface area contributed by atoms with Crippen LogP contribution in [0.3, 0.4) is 0 Å². The molecule has 2 heterocycles. The number of benzene rings is 1. The average Bonchev–Trinajstić information content (AvgIpc) is 3.13. The third-order valence-corrected chi connectivity index (χ3v) is 5.30. The molecule has 0 saturated carbocycles. The average molecular weight is 362 g/mol. The zero-order valence-electron chi connectivity index (χ0n) is 12.0. The molecular formula is C17H12ClNO2S2. The number of hydrogen-bond acceptors (Lipinski definition) is 5. The third kappa shape index (κ3) is 3.80. The molecule has 0 saturated heterocycles. The highest BCUT2D eigenvalue weighted by molar-refractivity contribution is 8.45. The van der Waals surface area contributed by atoms with Crippen LogP contribution in [0.1, 0.15) is 5.76 Å². The van der Waals surface area contributed by atoms with Crippen LogP contribution in [-0.4, -0.2) is 15.2 Å². The first-order valence-electron chi connectivity index (χ1n) is 6.78. The van der Waals surface area contributed by atoms with Crippen molar-refractivity contribution >= 4 is 50.7 Å². The Kier molecular flexibility index (Phi) is 5.10. The number of rotatable bonds is 4. The molecular weight excluding hydrogens is 350 g/mol. The summed E-state index contributed by atoms with van der Waals surface area (Å²) in [4.78, 5) is 16.3. The van der Waals surface area contributed by atoms with Gasteiger partial charge >= 0.3 is 0 Å². The molecule has 1 aromatic carbocycles. The summed E-state index contributed by atoms with van der Waals surface area (Å²) in [6, 6.07) is 11.1. The number of furan rings is 1. The Hall–Kier alpha value is -1.69. The number of aliphatic imine (C=N–C) groups is 1. The minimum atomic E-state index is -0.0766. The van der Waals surface area contributed by atoms with E-state index < -0.39 is 0 Å². The van der Waals surface area contributed by atoms with Crippen LogP contribution in [0.2, 0.25) is 5.02 Å². The monoisotopic (exact) mass is 361 g/mol. The zero-order valence-corrected chi connectivity index (χ0v) is 14.4. The minimum absolute atomic E-state index is 0.0766. The molecule has 0 fully saturated rings. The van der Waals surface area contributed by atoms with Gasteiger partial charge in [0.1, 0.15) is 21.6 Å². The maximum absolute atomic E-state index is 12.0. The van der Waals surface area contributed by atoms with Gasteiger partial charge in [0.2, 0.25) is 5.12 Å². The van der Waals surface area contributed by atoms with Crippen LogP contribution in [0, 0.1) is 0 Å². The highest BCUT2D eigenvalue weighted by atomic mass is 35.5. The van der Waals surface area contributed by atoms with Crippen LogP contribution in [0.5, 0.6) is 0 Å². The Labute approximate surface area is 147 Å². The van der Waals surface area contributed by atoms with Crippen LogP contribution in [0.4, 0.5) is 0 Å². The molecule has 3 rings (SSSR count). The van der Waals surface area contributed by atoms with Gasteiger partial charge in [-0.25, -0.2) is 4.99 Å². The molecule has 0 amide bonds. The first-order chi connectivity index (χ1) is 11.2. The molecule has 0 aliphatic carbocycles. The van der Waals surface area contributed by atoms with E-state index in [-0.39, 0.29) is 5.12 Å². The van der Waals surface area contributed by atoms with Gasteiger partial charge in [-0.3, -0.25) is 4.79 Å². The van der Waals surface area contributed by atoms with Gasteiger partial charge in [0.25, 0.3) is 0 Å². The lowest BCUT2D eigenvalue weighted by atomic mass is 10.2. The van der Waals surface area contributed by atoms with E-state index in [1.54, 1.807) is 18.2 Å². The van der Waals surface area contributed by atoms with E-state index in [0.29, 0.717) is 22.2 Å². The third-order valence-electron chi connectivity index (χ3n) is 2.97. The second-order valence-electron chi connectivity index (χ2n) is 4.58. The molecule has 1 aliphatic heterocycles. The summed E-state index contributed by atoms with van der Waals surface area (Å²) in [7, 11) is 0. The van der Waals surface area contributed by atoms with Crippen molar-refractivity contribution in [3.63, 3.8) is 0 Å². The molecule has 23 heavy (non-hydrogen) atoms. The van der Waals surface area contributed by atoms with Crippen molar-refractivity contribution in [3.05, 3.63) is 65.5 Å². The number of thioether (sulfide) groups is 2. The van der Waals surface area contributed by atoms with Crippen molar-refractivity contribution < 1.29 is 9.21 Å². The second kappa shape index (κ2) is 7.25. The van der Waals surface area contributed by atoms with Crippen molar-refractivity contribution in [1.29, 1.82) is 0 Å². The van der Waals surface area contributed by atoms with E-state index in [4.69, 9.17) is 16.0 Å². The number of carbonyl (C=O) groups excluding carboxylic acids is 1. The number of halogens is 1. The van der Waals surface area contributed by atoms with E-state index in [1.165, 1.54) is 11.8 Å². The van der Waals surface area contributed by atoms with E-state index in [0.717, 1.165) is 27.5 Å². The fourth-order valence-corrected chi connectivity index (χ4v) is 3.78. The Bertz CT molecular complexity index is 824. The number of nitrogens with zero attached hydrogens (tertiary/aromatic N) is 1. The van der Waals surface area contributed by atoms with Gasteiger partial charge in [-0.2, -0.15) is 0 Å². The summed E-state index contributed by atoms with van der Waals surface area (Å²) in [5, 5.41) is 0.543. The van der Waals surface area contributed by atoms with Crippen LogP contribution < -0.4 is 0 Å². The molecule has 0 N–H and O–H groups in total. The zero-order chi connectivity index (χ0) is 16.2. The molecule has 0 unspecified atom stereocenters. The molecule has 0 atom stereocenters. The SMILES string of the molecule is C=CCSC1=N/C(=C/c2ccc(-c3ccccc3Cl)o2)C(=O)S1. The van der Waals surface area contributed by atoms with Gasteiger partial charge in [-0.05, 0) is 36.0 Å². The highest BCUT2D eigenvalue weighted by Crippen LogP contribution is 2.33. The first-order valence-corrected chi connectivity index (χ1v) is 8.96. The predicted octanol–water partition coefficient (Wildman–Crippen LogP) is 5.49. The van der Waals surface area contributed by atoms with Crippen LogP contribution in [-0.2, 0) is 4.79 Å². The molecule has 0 spiro atoms. The summed E-state index contributed by atoms with van der Waals surface area (Å²) < 4.78 is 6.50. The standard InChI is InChI=1S/C17H12ClNO2S2/c1-2-9-22-17-19-14(16(20)23-17)10-11-7-8-15(21-11)12-5-3-4-6-13(12)18/h2-8,10H,1,9H2/b14-10+. The van der Waals surface area contributed by atoms with Crippen LogP contribution in [0.15, 0.2) is 64.2 Å². The van der Waals surface area contributed by atoms with Crippen molar-refractivity contribution in [1.82, 2.24) is 0 Å². The van der Waals surface area contributed by atoms with E-state index in [9.17, 15) is 4.79 Å². The normalized spacial score (nSPS) is 16.0. The van der Waals surface area contributed by atoms with Crippen molar-refractivity contribution in [3.8, 4) is 11.3 Å². The smallest absolute Gasteiger partial charge is 0.244 e. The first kappa shape index (κ1) is 16.2. The van der Waals surface area contributed by atoms with Crippen LogP contribution >= 0.6 is 35.1 Å². The summed E-state index contributed by atoms with van der Waals surface area (Å²) in [5.74, 6) is 1.96. The summed E-state index contributed by atoms with van der Waals surface area (Å²) in [6.45, 7) is 3.66. The van der Waals surface area contributed by atoms with Crippen molar-refractivity contribution in [2.75, 3.05) is 5.75 Å². The minimum Gasteiger partial charge on any atom is -0.457 e. The lowest BCUT2D eigenvalue weighted by molar-refractivity contribution is -0.107. The summed E-state index contributed by atoms with van der Waals surface area (Å²) >= 11 is 8.79. The molecule has 6 heteroatoms. The number of carbonyl (C=O) groups is 1. The largest absolute Gasteiger partial charge is 0.457 e. The lowest BCUT2D eigenvalue weighted by Gasteiger charge is -1.99. The topological polar surface area (TPSA) is 42.6 Å². The van der Waals surface area contributed by atoms with Crippen molar-refractivity contribution in [2.24, 2.45) is 4.99 Å². The van der Waals surface area contributed by atoms with E-state index >= 15 is 0 Å². The maximum Gasteiger partial charge on any atom is 0.244 e. The summed E-state index contributed by atoms with van der Waals surface area (Å²) in [6.07, 6.45) is 3.43. The molecule has 1 aromatic heterocycles. The molecule has 2 aromatic rings. The Morgan fingerprint density at radius 3 is 2.91 bits per heavy atom. The number of hydrogen-bond donors (Lipinski definition) is 0. The quantitative estimate of drug-likeness (QED) is 0.533. The molecule has 3 nitrogen and oxygen atoms in total. The fraction of sp³-hybridized carbons (Fsp3) is 0.0588. The van der Waals surface area contributed by atoms with E-state index in [2.05, 4.69) is 11.6 Å².